The molecule has 0 spiro atoms. The molecule has 1 aromatic carbocycles. The first-order chi connectivity index (χ1) is 10.0. The summed E-state index contributed by atoms with van der Waals surface area (Å²) in [4.78, 5) is 4.35. The molecule has 0 saturated heterocycles. The minimum absolute atomic E-state index is 0.393. The second-order valence-electron chi connectivity index (χ2n) is 4.91. The number of halogens is 2. The summed E-state index contributed by atoms with van der Waals surface area (Å²) in [5, 5.41) is 8.42. The van der Waals surface area contributed by atoms with E-state index in [-0.39, 0.29) is 0 Å². The summed E-state index contributed by atoms with van der Waals surface area (Å²) in [5.74, 6) is -1.68. The summed E-state index contributed by atoms with van der Waals surface area (Å²) in [7, 11) is 1.84. The van der Waals surface area contributed by atoms with Crippen LogP contribution >= 0.6 is 0 Å². The van der Waals surface area contributed by atoms with Crippen molar-refractivity contribution in [2.45, 2.75) is 13.5 Å². The molecule has 1 N–H and O–H groups in total. The summed E-state index contributed by atoms with van der Waals surface area (Å²) in [5.41, 5.74) is 3.18. The van der Waals surface area contributed by atoms with Crippen LogP contribution in [-0.4, -0.2) is 14.8 Å². The fraction of sp³-hybridized carbons (Fsp3) is 0.200. The Morgan fingerprint density at radius 2 is 2.00 bits per heavy atom. The van der Waals surface area contributed by atoms with E-state index in [9.17, 15) is 8.78 Å². The lowest BCUT2D eigenvalue weighted by Crippen LogP contribution is -2.01. The molecular weight excluding hydrogens is 274 g/mol. The molecule has 21 heavy (non-hydrogen) atoms. The maximum absolute atomic E-state index is 13.1. The van der Waals surface area contributed by atoms with Crippen LogP contribution < -0.4 is 5.32 Å². The molecule has 0 amide bonds. The van der Waals surface area contributed by atoms with Gasteiger partial charge >= 0.3 is 0 Å². The van der Waals surface area contributed by atoms with E-state index in [4.69, 9.17) is 0 Å². The largest absolute Gasteiger partial charge is 0.380 e. The van der Waals surface area contributed by atoms with Crippen molar-refractivity contribution in [3.05, 3.63) is 53.4 Å². The van der Waals surface area contributed by atoms with Crippen LogP contribution in [0.5, 0.6) is 0 Å². The molecule has 3 rings (SSSR count). The van der Waals surface area contributed by atoms with Crippen molar-refractivity contribution >= 4 is 16.7 Å². The van der Waals surface area contributed by atoms with Gasteiger partial charge in [-0.15, -0.1) is 0 Å². The van der Waals surface area contributed by atoms with E-state index in [1.54, 1.807) is 16.9 Å². The van der Waals surface area contributed by atoms with Gasteiger partial charge in [0.1, 0.15) is 0 Å². The Morgan fingerprint density at radius 1 is 1.19 bits per heavy atom. The van der Waals surface area contributed by atoms with Gasteiger partial charge in [-0.25, -0.2) is 13.8 Å². The molecule has 108 valence electrons. The third-order valence-corrected chi connectivity index (χ3v) is 3.34. The average molecular weight is 288 g/mol. The summed E-state index contributed by atoms with van der Waals surface area (Å²) in [6.07, 6.45) is 1.70. The van der Waals surface area contributed by atoms with Crippen molar-refractivity contribution in [2.24, 2.45) is 7.05 Å². The molecule has 0 bridgehead atoms. The third-order valence-electron chi connectivity index (χ3n) is 3.34. The van der Waals surface area contributed by atoms with Gasteiger partial charge in [0.2, 0.25) is 0 Å². The lowest BCUT2D eigenvalue weighted by molar-refractivity contribution is 0.507. The van der Waals surface area contributed by atoms with E-state index in [1.165, 1.54) is 6.07 Å². The van der Waals surface area contributed by atoms with E-state index in [0.717, 1.165) is 28.5 Å². The van der Waals surface area contributed by atoms with Crippen molar-refractivity contribution in [2.75, 3.05) is 5.32 Å². The van der Waals surface area contributed by atoms with Crippen molar-refractivity contribution in [1.82, 2.24) is 14.8 Å². The van der Waals surface area contributed by atoms with Crippen LogP contribution in [0.2, 0.25) is 0 Å². The normalized spacial score (nSPS) is 11.0. The zero-order chi connectivity index (χ0) is 15.0. The lowest BCUT2D eigenvalue weighted by atomic mass is 10.2. The molecule has 0 fully saturated rings. The molecule has 4 nitrogen and oxygen atoms in total. The highest BCUT2D eigenvalue weighted by Gasteiger charge is 2.07. The van der Waals surface area contributed by atoms with Crippen molar-refractivity contribution in [1.29, 1.82) is 0 Å². The van der Waals surface area contributed by atoms with E-state index < -0.39 is 11.6 Å². The van der Waals surface area contributed by atoms with Gasteiger partial charge in [-0.05, 0) is 30.7 Å². The van der Waals surface area contributed by atoms with Crippen LogP contribution in [0, 0.1) is 18.6 Å². The van der Waals surface area contributed by atoms with Crippen LogP contribution in [0.15, 0.2) is 30.5 Å². The summed E-state index contributed by atoms with van der Waals surface area (Å²) < 4.78 is 27.7. The monoisotopic (exact) mass is 288 g/mol. The molecule has 0 radical (unpaired) electrons. The zero-order valence-corrected chi connectivity index (χ0v) is 11.7. The van der Waals surface area contributed by atoms with Gasteiger partial charge in [0.05, 0.1) is 17.6 Å². The molecular formula is C15H14F2N4. The maximum Gasteiger partial charge on any atom is 0.159 e. The minimum Gasteiger partial charge on any atom is -0.380 e. The Kier molecular flexibility index (Phi) is 3.29. The molecule has 0 aliphatic heterocycles. The highest BCUT2D eigenvalue weighted by molar-refractivity contribution is 5.81. The van der Waals surface area contributed by atoms with Gasteiger partial charge in [-0.2, -0.15) is 5.10 Å². The number of nitrogens with one attached hydrogen (secondary N) is 1. The van der Waals surface area contributed by atoms with Gasteiger partial charge in [-0.1, -0.05) is 6.07 Å². The Hall–Kier alpha value is -2.50. The molecule has 0 saturated carbocycles. The van der Waals surface area contributed by atoms with Gasteiger partial charge in [0.15, 0.2) is 17.3 Å². The average Bonchev–Trinajstić information content (AvgIpc) is 2.75. The first-order valence-electron chi connectivity index (χ1n) is 6.52. The van der Waals surface area contributed by atoms with Gasteiger partial charge in [-0.3, -0.25) is 4.68 Å². The third kappa shape index (κ3) is 2.56. The molecule has 0 unspecified atom stereocenters. The molecule has 0 atom stereocenters. The van der Waals surface area contributed by atoms with Crippen LogP contribution in [0.3, 0.4) is 0 Å². The quantitative estimate of drug-likeness (QED) is 0.805. The lowest BCUT2D eigenvalue weighted by Gasteiger charge is -2.07. The predicted molar refractivity (Wildman–Crippen MR) is 76.9 cm³/mol. The molecule has 2 aromatic heterocycles. The number of anilines is 1. The number of aromatic nitrogens is 3. The number of benzene rings is 1. The SMILES string of the molecule is Cc1nn(C)c2ncc(NCc3ccc(F)c(F)c3)cc12. The topological polar surface area (TPSA) is 42.7 Å². The van der Waals surface area contributed by atoms with Crippen LogP contribution in [-0.2, 0) is 13.6 Å². The van der Waals surface area contributed by atoms with Gasteiger partial charge < -0.3 is 5.32 Å². The van der Waals surface area contributed by atoms with Crippen LogP contribution in [0.4, 0.5) is 14.5 Å². The number of pyridine rings is 1. The fourth-order valence-corrected chi connectivity index (χ4v) is 2.26. The minimum atomic E-state index is -0.842. The standard InChI is InChI=1S/C15H14F2N4/c1-9-12-6-11(8-19-15(12)21(2)20-9)18-7-10-3-4-13(16)14(17)5-10/h3-6,8,18H,7H2,1-2H3. The molecule has 3 aromatic rings. The number of aryl methyl sites for hydroxylation is 2. The summed E-state index contributed by atoms with van der Waals surface area (Å²) >= 11 is 0. The summed E-state index contributed by atoms with van der Waals surface area (Å²) in [6.45, 7) is 2.31. The maximum atomic E-state index is 13.1. The Balaban J connectivity index is 1.81. The van der Waals surface area contributed by atoms with E-state index in [2.05, 4.69) is 15.4 Å². The number of hydrogen-bond donors (Lipinski definition) is 1. The second-order valence-corrected chi connectivity index (χ2v) is 4.91. The summed E-state index contributed by atoms with van der Waals surface area (Å²) in [6, 6.07) is 5.81. The van der Waals surface area contributed by atoms with Crippen molar-refractivity contribution < 1.29 is 8.78 Å². The number of nitrogens with zero attached hydrogens (tertiary/aromatic N) is 3. The number of fused-ring (bicyclic) bond motifs is 1. The highest BCUT2D eigenvalue weighted by atomic mass is 19.2. The highest BCUT2D eigenvalue weighted by Crippen LogP contribution is 2.20. The molecule has 2 heterocycles. The predicted octanol–water partition coefficient (Wildman–Crippen LogP) is 3.17. The van der Waals surface area contributed by atoms with Crippen molar-refractivity contribution in [3.8, 4) is 0 Å². The molecule has 0 aliphatic carbocycles. The first kappa shape index (κ1) is 13.5. The first-order valence-corrected chi connectivity index (χ1v) is 6.52. The fourth-order valence-electron chi connectivity index (χ4n) is 2.26. The van der Waals surface area contributed by atoms with Crippen LogP contribution in [0.1, 0.15) is 11.3 Å². The number of hydrogen-bond acceptors (Lipinski definition) is 3. The van der Waals surface area contributed by atoms with Gasteiger partial charge in [0.25, 0.3) is 0 Å². The Morgan fingerprint density at radius 3 is 2.76 bits per heavy atom. The van der Waals surface area contributed by atoms with E-state index >= 15 is 0 Å². The second kappa shape index (κ2) is 5.12. The van der Waals surface area contributed by atoms with E-state index in [0.29, 0.717) is 12.1 Å². The smallest absolute Gasteiger partial charge is 0.159 e. The number of rotatable bonds is 3. The van der Waals surface area contributed by atoms with Gasteiger partial charge in [0, 0.05) is 19.0 Å². The Labute approximate surface area is 120 Å². The Bertz CT molecular complexity index is 811. The molecule has 0 aliphatic rings. The molecule has 6 heteroatoms. The zero-order valence-electron chi connectivity index (χ0n) is 11.7. The van der Waals surface area contributed by atoms with Crippen LogP contribution in [0.25, 0.3) is 11.0 Å². The van der Waals surface area contributed by atoms with E-state index in [1.807, 2.05) is 20.0 Å². The van der Waals surface area contributed by atoms with Crippen molar-refractivity contribution in [3.63, 3.8) is 0 Å².